The van der Waals surface area contributed by atoms with Gasteiger partial charge in [-0.15, -0.1) is 0 Å². The van der Waals surface area contributed by atoms with Crippen molar-refractivity contribution in [2.24, 2.45) is 5.92 Å². The second kappa shape index (κ2) is 4.29. The quantitative estimate of drug-likeness (QED) is 0.475. The molecular formula is C10H16O2. The van der Waals surface area contributed by atoms with E-state index < -0.39 is 0 Å². The van der Waals surface area contributed by atoms with E-state index in [1.807, 2.05) is 6.92 Å². The van der Waals surface area contributed by atoms with Crippen LogP contribution in [0.15, 0.2) is 12.2 Å². The van der Waals surface area contributed by atoms with E-state index in [4.69, 9.17) is 4.74 Å². The minimum absolute atomic E-state index is 0.218. The molecule has 1 aliphatic carbocycles. The van der Waals surface area contributed by atoms with Crippen molar-refractivity contribution in [1.29, 1.82) is 0 Å². The highest BCUT2D eigenvalue weighted by Gasteiger charge is 2.19. The van der Waals surface area contributed by atoms with Crippen molar-refractivity contribution in [2.75, 3.05) is 6.61 Å². The van der Waals surface area contributed by atoms with E-state index in [1.54, 1.807) is 0 Å². The van der Waals surface area contributed by atoms with Crippen LogP contribution in [0.1, 0.15) is 32.6 Å². The van der Waals surface area contributed by atoms with Gasteiger partial charge in [0.25, 0.3) is 0 Å². The summed E-state index contributed by atoms with van der Waals surface area (Å²) < 4.78 is 5.06. The van der Waals surface area contributed by atoms with Gasteiger partial charge in [-0.2, -0.15) is 0 Å². The molecule has 1 rings (SSSR count). The number of carbonyl (C=O) groups excluding carboxylic acids is 1. The highest BCUT2D eigenvalue weighted by molar-refractivity contribution is 5.87. The van der Waals surface area contributed by atoms with Gasteiger partial charge < -0.3 is 4.74 Å². The van der Waals surface area contributed by atoms with Crippen LogP contribution in [0, 0.1) is 5.92 Å². The third kappa shape index (κ3) is 2.36. The van der Waals surface area contributed by atoms with Gasteiger partial charge in [0.1, 0.15) is 0 Å². The van der Waals surface area contributed by atoms with Crippen LogP contribution in [-0.2, 0) is 9.53 Å². The van der Waals surface area contributed by atoms with E-state index in [-0.39, 0.29) is 5.97 Å². The Kier molecular flexibility index (Phi) is 3.32. The van der Waals surface area contributed by atoms with Crippen LogP contribution in [0.2, 0.25) is 0 Å². The molecule has 2 nitrogen and oxygen atoms in total. The Labute approximate surface area is 73.6 Å². The van der Waals surface area contributed by atoms with Gasteiger partial charge in [-0.25, -0.2) is 4.79 Å². The first kappa shape index (κ1) is 9.30. The summed E-state index contributed by atoms with van der Waals surface area (Å²) in [6.45, 7) is 6.13. The first-order valence-electron chi connectivity index (χ1n) is 4.59. The highest BCUT2D eigenvalue weighted by atomic mass is 16.5. The summed E-state index contributed by atoms with van der Waals surface area (Å²) >= 11 is 0. The summed E-state index contributed by atoms with van der Waals surface area (Å²) in [5.74, 6) is 0.406. The average molecular weight is 168 g/mol. The second-order valence-electron chi connectivity index (χ2n) is 3.35. The lowest BCUT2D eigenvalue weighted by atomic mass is 9.86. The maximum absolute atomic E-state index is 11.1. The molecule has 1 aliphatic rings. The van der Waals surface area contributed by atoms with Crippen LogP contribution in [0.3, 0.4) is 0 Å². The minimum Gasteiger partial charge on any atom is -0.462 e. The van der Waals surface area contributed by atoms with Crippen molar-refractivity contribution in [2.45, 2.75) is 32.6 Å². The predicted octanol–water partition coefficient (Wildman–Crippen LogP) is 2.30. The molecule has 1 fully saturated rings. The number of hydrogen-bond acceptors (Lipinski definition) is 2. The molecule has 1 saturated carbocycles. The molecule has 2 heteroatoms. The van der Waals surface area contributed by atoms with Gasteiger partial charge >= 0.3 is 5.97 Å². The lowest BCUT2D eigenvalue weighted by Crippen LogP contribution is -2.20. The van der Waals surface area contributed by atoms with Crippen molar-refractivity contribution >= 4 is 5.97 Å². The van der Waals surface area contributed by atoms with E-state index >= 15 is 0 Å². The van der Waals surface area contributed by atoms with Gasteiger partial charge in [-0.05, 0) is 25.2 Å². The molecule has 0 atom stereocenters. The van der Waals surface area contributed by atoms with Gasteiger partial charge in [0, 0.05) is 5.57 Å². The Morgan fingerprint density at radius 1 is 1.58 bits per heavy atom. The molecule has 0 N–H and O–H groups in total. The van der Waals surface area contributed by atoms with E-state index in [1.165, 1.54) is 19.3 Å². The van der Waals surface area contributed by atoms with E-state index in [2.05, 4.69) is 6.58 Å². The van der Waals surface area contributed by atoms with Crippen molar-refractivity contribution in [1.82, 2.24) is 0 Å². The zero-order valence-corrected chi connectivity index (χ0v) is 7.64. The zero-order chi connectivity index (χ0) is 8.97. The predicted molar refractivity (Wildman–Crippen MR) is 47.7 cm³/mol. The van der Waals surface area contributed by atoms with Gasteiger partial charge in [0.15, 0.2) is 0 Å². The first-order chi connectivity index (χ1) is 5.74. The van der Waals surface area contributed by atoms with Gasteiger partial charge in [-0.1, -0.05) is 19.9 Å². The van der Waals surface area contributed by atoms with Crippen LogP contribution >= 0.6 is 0 Å². The molecule has 0 aromatic rings. The second-order valence-corrected chi connectivity index (χ2v) is 3.35. The standard InChI is InChI=1S/C10H16O2/c1-3-8(2)10(11)12-7-9-5-4-6-9/h9H,2-7H2,1H3. The van der Waals surface area contributed by atoms with E-state index in [9.17, 15) is 4.79 Å². The summed E-state index contributed by atoms with van der Waals surface area (Å²) in [6.07, 6.45) is 4.40. The summed E-state index contributed by atoms with van der Waals surface area (Å²) in [7, 11) is 0. The van der Waals surface area contributed by atoms with Crippen LogP contribution in [-0.4, -0.2) is 12.6 Å². The fraction of sp³-hybridized carbons (Fsp3) is 0.700. The average Bonchev–Trinajstić information content (AvgIpc) is 2.00. The molecular weight excluding hydrogens is 152 g/mol. The Morgan fingerprint density at radius 3 is 2.67 bits per heavy atom. The molecule has 0 aromatic carbocycles. The molecule has 0 bridgehead atoms. The van der Waals surface area contributed by atoms with Gasteiger partial charge in [0.2, 0.25) is 0 Å². The first-order valence-corrected chi connectivity index (χ1v) is 4.59. The van der Waals surface area contributed by atoms with Crippen LogP contribution in [0.25, 0.3) is 0 Å². The Morgan fingerprint density at radius 2 is 2.25 bits per heavy atom. The van der Waals surface area contributed by atoms with Crippen molar-refractivity contribution in [3.8, 4) is 0 Å². The smallest absolute Gasteiger partial charge is 0.333 e. The number of rotatable bonds is 4. The molecule has 68 valence electrons. The van der Waals surface area contributed by atoms with Gasteiger partial charge in [-0.3, -0.25) is 0 Å². The summed E-state index contributed by atoms with van der Waals surface area (Å²) in [5, 5.41) is 0. The summed E-state index contributed by atoms with van der Waals surface area (Å²) in [4.78, 5) is 11.1. The number of ether oxygens (including phenoxy) is 1. The fourth-order valence-electron chi connectivity index (χ4n) is 1.10. The fourth-order valence-corrected chi connectivity index (χ4v) is 1.10. The molecule has 0 spiro atoms. The number of hydrogen-bond donors (Lipinski definition) is 0. The summed E-state index contributed by atoms with van der Waals surface area (Å²) in [5.41, 5.74) is 0.578. The molecule has 0 heterocycles. The maximum Gasteiger partial charge on any atom is 0.333 e. The Bertz CT molecular complexity index is 180. The lowest BCUT2D eigenvalue weighted by Gasteiger charge is -2.24. The molecule has 0 aromatic heterocycles. The third-order valence-electron chi connectivity index (χ3n) is 2.39. The van der Waals surface area contributed by atoms with Crippen molar-refractivity contribution in [3.63, 3.8) is 0 Å². The Balaban J connectivity index is 2.13. The molecule has 0 amide bonds. The molecule has 0 unspecified atom stereocenters. The number of carbonyl (C=O) groups is 1. The molecule has 0 radical (unpaired) electrons. The molecule has 12 heavy (non-hydrogen) atoms. The van der Waals surface area contributed by atoms with Crippen LogP contribution < -0.4 is 0 Å². The number of esters is 1. The van der Waals surface area contributed by atoms with Crippen LogP contribution in [0.5, 0.6) is 0 Å². The molecule has 0 saturated heterocycles. The van der Waals surface area contributed by atoms with Crippen molar-refractivity contribution in [3.05, 3.63) is 12.2 Å². The van der Waals surface area contributed by atoms with E-state index in [0.29, 0.717) is 24.5 Å². The largest absolute Gasteiger partial charge is 0.462 e. The van der Waals surface area contributed by atoms with Gasteiger partial charge in [0.05, 0.1) is 6.61 Å². The topological polar surface area (TPSA) is 26.3 Å². The Hall–Kier alpha value is -0.790. The SMILES string of the molecule is C=C(CC)C(=O)OCC1CCC1. The van der Waals surface area contributed by atoms with E-state index in [0.717, 1.165) is 0 Å². The van der Waals surface area contributed by atoms with Crippen LogP contribution in [0.4, 0.5) is 0 Å². The normalized spacial score (nSPS) is 16.8. The summed E-state index contributed by atoms with van der Waals surface area (Å²) in [6, 6.07) is 0. The highest BCUT2D eigenvalue weighted by Crippen LogP contribution is 2.26. The third-order valence-corrected chi connectivity index (χ3v) is 2.39. The maximum atomic E-state index is 11.1. The molecule has 0 aliphatic heterocycles. The monoisotopic (exact) mass is 168 g/mol. The minimum atomic E-state index is -0.218. The van der Waals surface area contributed by atoms with Crippen molar-refractivity contribution < 1.29 is 9.53 Å². The lowest BCUT2D eigenvalue weighted by molar-refractivity contribution is -0.141. The zero-order valence-electron chi connectivity index (χ0n) is 7.64.